The number of alkyl carbamates (subject to hydrolysis) is 3. The molecule has 0 bridgehead atoms. The Labute approximate surface area is 417 Å². The lowest BCUT2D eigenvalue weighted by Gasteiger charge is -2.32. The van der Waals surface area contributed by atoms with E-state index in [1.807, 2.05) is 27.7 Å². The minimum absolute atomic E-state index is 0.0210. The lowest BCUT2D eigenvalue weighted by atomic mass is 9.73. The van der Waals surface area contributed by atoms with Crippen LogP contribution < -0.4 is 37.2 Å². The van der Waals surface area contributed by atoms with Crippen LogP contribution in [0.4, 0.5) is 14.4 Å². The zero-order chi connectivity index (χ0) is 54.1. The summed E-state index contributed by atoms with van der Waals surface area (Å²) in [5.74, 6) is -5.14. The Kier molecular flexibility index (Phi) is 23.0. The van der Waals surface area contributed by atoms with E-state index in [-0.39, 0.29) is 68.4 Å². The largest absolute Gasteiger partial charge is 0.480 e. The fourth-order valence-corrected chi connectivity index (χ4v) is 7.23. The number of hydrogen-bond acceptors (Lipinski definition) is 14. The second-order valence-corrected chi connectivity index (χ2v) is 21.8. The average molecular weight is 1000 g/mol. The van der Waals surface area contributed by atoms with Gasteiger partial charge in [-0.15, -0.1) is 0 Å². The third kappa shape index (κ3) is 23.9. The number of benzene rings is 1. The van der Waals surface area contributed by atoms with Gasteiger partial charge in [-0.3, -0.25) is 24.0 Å². The third-order valence-electron chi connectivity index (χ3n) is 10.1. The number of aliphatic carboxylic acids is 1. The molecule has 6 amide bonds. The van der Waals surface area contributed by atoms with Gasteiger partial charge in [-0.25, -0.2) is 19.2 Å². The van der Waals surface area contributed by atoms with Gasteiger partial charge in [-0.1, -0.05) is 58.0 Å². The van der Waals surface area contributed by atoms with Crippen molar-refractivity contribution in [1.29, 1.82) is 0 Å². The molecular weight excluding hydrogens is 923 g/mol. The minimum Gasteiger partial charge on any atom is -0.480 e. The first kappa shape index (κ1) is 60.9. The molecule has 1 aliphatic rings. The van der Waals surface area contributed by atoms with E-state index < -0.39 is 101 Å². The maximum atomic E-state index is 14.5. The highest BCUT2D eigenvalue weighted by atomic mass is 16.6. The number of Topliss-reactive ketones (excluding diaryl/α,β-unsaturated/α-hetero) is 2. The summed E-state index contributed by atoms with van der Waals surface area (Å²) in [7, 11) is 0. The summed E-state index contributed by atoms with van der Waals surface area (Å²) < 4.78 is 22.0. The number of carboxylic acids is 1. The number of allylic oxidation sites excluding steroid dienone is 2. The van der Waals surface area contributed by atoms with Gasteiger partial charge in [0.25, 0.3) is 0 Å². The summed E-state index contributed by atoms with van der Waals surface area (Å²) >= 11 is 0. The van der Waals surface area contributed by atoms with E-state index in [0.29, 0.717) is 17.7 Å². The number of hydrogen-bond donors (Lipinski definition) is 8. The molecule has 71 heavy (non-hydrogen) atoms. The Hall–Kier alpha value is -6.25. The molecule has 398 valence electrons. The van der Waals surface area contributed by atoms with Gasteiger partial charge in [-0.2, -0.15) is 0 Å². The van der Waals surface area contributed by atoms with Gasteiger partial charge in [0.1, 0.15) is 42.0 Å². The second kappa shape index (κ2) is 26.8. The van der Waals surface area contributed by atoms with Crippen molar-refractivity contribution in [3.63, 3.8) is 0 Å². The number of carboxylic acid groups (broad SMARTS) is 1. The molecule has 0 saturated heterocycles. The molecule has 2 rings (SSSR count). The van der Waals surface area contributed by atoms with E-state index in [9.17, 15) is 48.3 Å². The quantitative estimate of drug-likeness (QED) is 0.0419. The SMILES string of the molecule is CC(C)CC(NCC[C@H](NC(=O)[C@H](CNC(=O)OC(C)(C)C)NC(=O)[C@@H](NC(=O)OCc1ccccc1)[C@@H](C)OC(C)(C)C)C(=O)N[C@@H](CCNC(=O)OC(C)(C)C)C(=O)O)=C1C(=O)CC(C)(C)CC1=O. The number of nitrogens with one attached hydrogen (secondary N) is 7. The molecule has 21 nitrogen and oxygen atoms in total. The number of ether oxygens (including phenoxy) is 4. The number of carbonyl (C=O) groups excluding carboxylic acids is 8. The van der Waals surface area contributed by atoms with Crippen molar-refractivity contribution in [3.05, 3.63) is 47.2 Å². The standard InChI is InChI=1S/C50H79N7O14/c1-29(2)24-34(38-36(58)25-50(13,14)26-37(38)59)51-22-20-32(40(60)55-33(43(63)64)21-23-52-44(65)70-48(7,8)9)54-41(61)35(27-53-45(66)71-49(10,11)12)56-42(62)39(30(3)69-47(4,5)6)57-46(67)68-28-31-18-16-15-17-19-31/h15-19,29-30,32-33,35,39,51H,20-28H2,1-14H3,(H,52,65)(H,53,66)(H,54,61)(H,55,60)(H,56,62)(H,57,67)(H,63,64)/t30-,32+,33+,35+,39+/m1/s1. The molecule has 21 heteroatoms. The van der Waals surface area contributed by atoms with Crippen LogP contribution in [0.25, 0.3) is 0 Å². The van der Waals surface area contributed by atoms with E-state index in [1.54, 1.807) is 92.6 Å². The van der Waals surface area contributed by atoms with Crippen molar-refractivity contribution in [3.8, 4) is 0 Å². The van der Waals surface area contributed by atoms with Crippen LogP contribution in [-0.4, -0.2) is 125 Å². The van der Waals surface area contributed by atoms with Crippen LogP contribution >= 0.6 is 0 Å². The van der Waals surface area contributed by atoms with Crippen LogP contribution in [0.1, 0.15) is 135 Å². The summed E-state index contributed by atoms with van der Waals surface area (Å²) in [5.41, 5.74) is -2.12. The van der Waals surface area contributed by atoms with E-state index in [2.05, 4.69) is 37.2 Å². The zero-order valence-corrected chi connectivity index (χ0v) is 44.0. The molecule has 0 aliphatic heterocycles. The highest BCUT2D eigenvalue weighted by Crippen LogP contribution is 2.35. The van der Waals surface area contributed by atoms with E-state index >= 15 is 0 Å². The molecule has 1 aliphatic carbocycles. The minimum atomic E-state index is -1.68. The lowest BCUT2D eigenvalue weighted by Crippen LogP contribution is -2.62. The normalized spacial score (nSPS) is 16.0. The van der Waals surface area contributed by atoms with Crippen LogP contribution in [0, 0.1) is 11.3 Å². The summed E-state index contributed by atoms with van der Waals surface area (Å²) in [5, 5.41) is 28.2. The molecule has 5 atom stereocenters. The zero-order valence-electron chi connectivity index (χ0n) is 44.0. The van der Waals surface area contributed by atoms with Gasteiger partial charge in [0, 0.05) is 31.6 Å². The van der Waals surface area contributed by atoms with Crippen molar-refractivity contribution in [2.45, 2.75) is 183 Å². The van der Waals surface area contributed by atoms with Gasteiger partial charge in [0.15, 0.2) is 11.6 Å². The van der Waals surface area contributed by atoms with Gasteiger partial charge < -0.3 is 61.3 Å². The summed E-state index contributed by atoms with van der Waals surface area (Å²) in [6, 6.07) is 2.45. The molecule has 0 radical (unpaired) electrons. The Balaban J connectivity index is 2.58. The predicted octanol–water partition coefficient (Wildman–Crippen LogP) is 4.70. The fraction of sp³-hybridized carbons (Fsp3) is 0.660. The van der Waals surface area contributed by atoms with Crippen molar-refractivity contribution >= 4 is 53.5 Å². The molecule has 1 aromatic rings. The maximum absolute atomic E-state index is 14.5. The predicted molar refractivity (Wildman–Crippen MR) is 262 cm³/mol. The van der Waals surface area contributed by atoms with E-state index in [0.717, 1.165) is 0 Å². The van der Waals surface area contributed by atoms with Crippen molar-refractivity contribution in [1.82, 2.24) is 37.2 Å². The first-order chi connectivity index (χ1) is 32.6. The Morgan fingerprint density at radius 3 is 1.65 bits per heavy atom. The number of amides is 6. The van der Waals surface area contributed by atoms with Crippen LogP contribution in [-0.2, 0) is 54.3 Å². The average Bonchev–Trinajstić information content (AvgIpc) is 3.19. The molecule has 0 aromatic heterocycles. The topological polar surface area (TPSA) is 295 Å². The Morgan fingerprint density at radius 1 is 0.634 bits per heavy atom. The first-order valence-corrected chi connectivity index (χ1v) is 23.9. The highest BCUT2D eigenvalue weighted by Gasteiger charge is 2.39. The number of rotatable bonds is 23. The number of ketones is 2. The summed E-state index contributed by atoms with van der Waals surface area (Å²) in [6.07, 6.45) is -3.82. The first-order valence-electron chi connectivity index (χ1n) is 23.9. The summed E-state index contributed by atoms with van der Waals surface area (Å²) in [4.78, 5) is 121. The third-order valence-corrected chi connectivity index (χ3v) is 10.1. The molecule has 0 unspecified atom stereocenters. The van der Waals surface area contributed by atoms with E-state index in [1.165, 1.54) is 6.92 Å². The lowest BCUT2D eigenvalue weighted by molar-refractivity contribution is -0.142. The van der Waals surface area contributed by atoms with Crippen molar-refractivity contribution in [2.24, 2.45) is 11.3 Å². The monoisotopic (exact) mass is 1000 g/mol. The van der Waals surface area contributed by atoms with Crippen LogP contribution in [0.5, 0.6) is 0 Å². The molecule has 1 aromatic carbocycles. The smallest absolute Gasteiger partial charge is 0.408 e. The summed E-state index contributed by atoms with van der Waals surface area (Å²) in [6.45, 7) is 22.8. The van der Waals surface area contributed by atoms with Crippen LogP contribution in [0.2, 0.25) is 0 Å². The van der Waals surface area contributed by atoms with Gasteiger partial charge >= 0.3 is 24.2 Å². The second-order valence-electron chi connectivity index (χ2n) is 21.8. The molecule has 8 N–H and O–H groups in total. The van der Waals surface area contributed by atoms with Gasteiger partial charge in [-0.05, 0) is 105 Å². The molecule has 1 saturated carbocycles. The molecule has 0 heterocycles. The van der Waals surface area contributed by atoms with Crippen molar-refractivity contribution < 1.29 is 67.2 Å². The highest BCUT2D eigenvalue weighted by molar-refractivity contribution is 6.22. The van der Waals surface area contributed by atoms with Gasteiger partial charge in [0.05, 0.1) is 23.8 Å². The van der Waals surface area contributed by atoms with E-state index in [4.69, 9.17) is 18.9 Å². The van der Waals surface area contributed by atoms with Crippen LogP contribution in [0.15, 0.2) is 41.6 Å². The molecule has 1 fully saturated rings. The molecular formula is C50H79N7O14. The molecule has 0 spiro atoms. The Bertz CT molecular complexity index is 2050. The van der Waals surface area contributed by atoms with Crippen LogP contribution in [0.3, 0.4) is 0 Å². The van der Waals surface area contributed by atoms with Gasteiger partial charge in [0.2, 0.25) is 17.7 Å². The fourth-order valence-electron chi connectivity index (χ4n) is 7.23. The maximum Gasteiger partial charge on any atom is 0.408 e. The number of carbonyl (C=O) groups is 9. The Morgan fingerprint density at radius 2 is 1.13 bits per heavy atom. The van der Waals surface area contributed by atoms with Crippen molar-refractivity contribution in [2.75, 3.05) is 19.6 Å².